The topological polar surface area (TPSA) is 64.6 Å². The summed E-state index contributed by atoms with van der Waals surface area (Å²) in [4.78, 5) is 0.255. The molecule has 0 fully saturated rings. The van der Waals surface area contributed by atoms with Crippen LogP contribution in [0.4, 0.5) is 5.69 Å². The summed E-state index contributed by atoms with van der Waals surface area (Å²) in [6.07, 6.45) is 0. The van der Waals surface area contributed by atoms with Crippen LogP contribution in [-0.2, 0) is 10.0 Å². The maximum atomic E-state index is 12.7. The van der Waals surface area contributed by atoms with Gasteiger partial charge in [-0.1, -0.05) is 17.7 Å². The fourth-order valence-corrected chi connectivity index (χ4v) is 4.29. The number of sulfonamides is 1. The van der Waals surface area contributed by atoms with Crippen molar-refractivity contribution in [2.24, 2.45) is 0 Å². The van der Waals surface area contributed by atoms with Crippen molar-refractivity contribution >= 4 is 31.6 Å². The molecular weight excluding hydrogens is 382 g/mol. The highest BCUT2D eigenvalue weighted by Gasteiger charge is 2.21. The number of anilines is 1. The van der Waals surface area contributed by atoms with Gasteiger partial charge in [0.1, 0.15) is 13.2 Å². The molecule has 1 aliphatic rings. The van der Waals surface area contributed by atoms with E-state index in [1.165, 1.54) is 0 Å². The van der Waals surface area contributed by atoms with E-state index in [9.17, 15) is 8.42 Å². The molecule has 1 N–H and O–H groups in total. The van der Waals surface area contributed by atoms with Gasteiger partial charge in [0, 0.05) is 16.6 Å². The molecule has 0 bridgehead atoms. The monoisotopic (exact) mass is 397 g/mol. The molecule has 3 rings (SSSR count). The van der Waals surface area contributed by atoms with Crippen LogP contribution >= 0.6 is 15.9 Å². The molecule has 0 atom stereocenters. The number of nitrogens with one attached hydrogen (secondary N) is 1. The van der Waals surface area contributed by atoms with Gasteiger partial charge < -0.3 is 9.47 Å². The lowest BCUT2D eigenvalue weighted by Crippen LogP contribution is -2.17. The third kappa shape index (κ3) is 3.30. The van der Waals surface area contributed by atoms with Gasteiger partial charge in [0.05, 0.1) is 10.6 Å². The van der Waals surface area contributed by atoms with E-state index in [1.807, 2.05) is 13.0 Å². The van der Waals surface area contributed by atoms with Crippen molar-refractivity contribution < 1.29 is 17.9 Å². The highest BCUT2D eigenvalue weighted by atomic mass is 79.9. The summed E-state index contributed by atoms with van der Waals surface area (Å²) in [7, 11) is -3.69. The summed E-state index contributed by atoms with van der Waals surface area (Å²) in [5.74, 6) is 1.12. The highest BCUT2D eigenvalue weighted by molar-refractivity contribution is 9.10. The molecule has 1 heterocycles. The minimum atomic E-state index is -3.69. The Hall–Kier alpha value is -1.73. The lowest BCUT2D eigenvalue weighted by Gasteiger charge is -2.20. The maximum absolute atomic E-state index is 12.7. The van der Waals surface area contributed by atoms with Crippen LogP contribution in [0, 0.1) is 13.8 Å². The van der Waals surface area contributed by atoms with Crippen LogP contribution in [0.3, 0.4) is 0 Å². The Morgan fingerprint density at radius 2 is 1.70 bits per heavy atom. The van der Waals surface area contributed by atoms with E-state index in [0.29, 0.717) is 40.4 Å². The molecule has 0 saturated carbocycles. The first-order valence-electron chi connectivity index (χ1n) is 7.06. The van der Waals surface area contributed by atoms with Gasteiger partial charge in [-0.3, -0.25) is 4.72 Å². The number of halogens is 1. The number of hydrogen-bond acceptors (Lipinski definition) is 4. The van der Waals surface area contributed by atoms with Gasteiger partial charge in [0.15, 0.2) is 11.5 Å². The minimum Gasteiger partial charge on any atom is -0.486 e. The van der Waals surface area contributed by atoms with Crippen LogP contribution < -0.4 is 14.2 Å². The summed E-state index contributed by atoms with van der Waals surface area (Å²) in [6, 6.07) is 8.56. The fourth-order valence-electron chi connectivity index (χ4n) is 2.44. The van der Waals surface area contributed by atoms with Crippen molar-refractivity contribution in [3.05, 3.63) is 45.9 Å². The van der Waals surface area contributed by atoms with Crippen molar-refractivity contribution in [3.63, 3.8) is 0 Å². The van der Waals surface area contributed by atoms with Crippen molar-refractivity contribution in [1.29, 1.82) is 0 Å². The second-order valence-electron chi connectivity index (χ2n) is 5.35. The van der Waals surface area contributed by atoms with Gasteiger partial charge in [-0.2, -0.15) is 0 Å². The van der Waals surface area contributed by atoms with Crippen LogP contribution in [0.2, 0.25) is 0 Å². The van der Waals surface area contributed by atoms with Crippen molar-refractivity contribution in [2.45, 2.75) is 18.7 Å². The third-order valence-electron chi connectivity index (χ3n) is 3.50. The van der Waals surface area contributed by atoms with Gasteiger partial charge in [-0.15, -0.1) is 0 Å². The molecule has 0 unspecified atom stereocenters. The lowest BCUT2D eigenvalue weighted by atomic mass is 10.2. The van der Waals surface area contributed by atoms with E-state index < -0.39 is 10.0 Å². The molecule has 0 amide bonds. The Balaban J connectivity index is 1.97. The summed E-state index contributed by atoms with van der Waals surface area (Å²) in [5.41, 5.74) is 2.13. The fraction of sp³-hybridized carbons (Fsp3) is 0.250. The molecule has 0 radical (unpaired) electrons. The summed E-state index contributed by atoms with van der Waals surface area (Å²) in [6.45, 7) is 4.62. The van der Waals surface area contributed by atoms with E-state index in [-0.39, 0.29) is 4.90 Å². The molecule has 2 aromatic rings. The number of aryl methyl sites for hydroxylation is 2. The molecule has 0 spiro atoms. The number of ether oxygens (including phenoxy) is 2. The van der Waals surface area contributed by atoms with Gasteiger partial charge in [-0.05, 0) is 41.4 Å². The van der Waals surface area contributed by atoms with Crippen molar-refractivity contribution in [3.8, 4) is 11.5 Å². The Morgan fingerprint density at radius 3 is 2.35 bits per heavy atom. The Labute approximate surface area is 143 Å². The van der Waals surface area contributed by atoms with Crippen LogP contribution in [0.5, 0.6) is 11.5 Å². The minimum absolute atomic E-state index is 0.255. The maximum Gasteiger partial charge on any atom is 0.262 e. The third-order valence-corrected chi connectivity index (χ3v) is 5.68. The van der Waals surface area contributed by atoms with Crippen molar-refractivity contribution in [2.75, 3.05) is 17.9 Å². The van der Waals surface area contributed by atoms with Crippen LogP contribution in [0.15, 0.2) is 39.7 Å². The second kappa shape index (κ2) is 6.05. The average Bonchev–Trinajstić information content (AvgIpc) is 2.47. The van der Waals surface area contributed by atoms with Gasteiger partial charge in [0.2, 0.25) is 0 Å². The molecule has 5 nitrogen and oxygen atoms in total. The van der Waals surface area contributed by atoms with E-state index >= 15 is 0 Å². The predicted octanol–water partition coefficient (Wildman–Crippen LogP) is 3.64. The largest absolute Gasteiger partial charge is 0.486 e. The first-order valence-corrected chi connectivity index (χ1v) is 9.34. The summed E-state index contributed by atoms with van der Waals surface area (Å²) < 4.78 is 39.5. The van der Waals surface area contributed by atoms with Crippen LogP contribution in [0.1, 0.15) is 11.1 Å². The zero-order valence-electron chi connectivity index (χ0n) is 12.7. The Kier molecular flexibility index (Phi) is 4.25. The van der Waals surface area contributed by atoms with Gasteiger partial charge in [-0.25, -0.2) is 8.42 Å². The molecule has 2 aromatic carbocycles. The van der Waals surface area contributed by atoms with Crippen LogP contribution in [0.25, 0.3) is 0 Å². The van der Waals surface area contributed by atoms with Crippen molar-refractivity contribution in [1.82, 2.24) is 0 Å². The predicted molar refractivity (Wildman–Crippen MR) is 91.9 cm³/mol. The van der Waals surface area contributed by atoms with E-state index in [2.05, 4.69) is 20.7 Å². The number of fused-ring (bicyclic) bond motifs is 1. The normalized spacial score (nSPS) is 13.7. The number of rotatable bonds is 3. The summed E-state index contributed by atoms with van der Waals surface area (Å²) >= 11 is 3.37. The first-order chi connectivity index (χ1) is 10.9. The highest BCUT2D eigenvalue weighted by Crippen LogP contribution is 2.39. The average molecular weight is 398 g/mol. The standard InChI is InChI=1S/C16H16BrNO4S/c1-10-3-4-16(11(2)7-10)23(19,20)18-13-9-15-14(8-12(13)17)21-5-6-22-15/h3-4,7-9,18H,5-6H2,1-2H3. The number of hydrogen-bond donors (Lipinski definition) is 1. The molecule has 0 aliphatic carbocycles. The number of benzene rings is 2. The van der Waals surface area contributed by atoms with E-state index in [1.54, 1.807) is 31.2 Å². The summed E-state index contributed by atoms with van der Waals surface area (Å²) in [5, 5.41) is 0. The lowest BCUT2D eigenvalue weighted by molar-refractivity contribution is 0.171. The molecule has 0 saturated heterocycles. The smallest absolute Gasteiger partial charge is 0.262 e. The quantitative estimate of drug-likeness (QED) is 0.858. The zero-order valence-corrected chi connectivity index (χ0v) is 15.1. The first kappa shape index (κ1) is 16.1. The van der Waals surface area contributed by atoms with Crippen LogP contribution in [-0.4, -0.2) is 21.6 Å². The van der Waals surface area contributed by atoms with E-state index in [4.69, 9.17) is 9.47 Å². The van der Waals surface area contributed by atoms with E-state index in [0.717, 1.165) is 5.56 Å². The zero-order chi connectivity index (χ0) is 16.6. The molecule has 122 valence electrons. The molecule has 23 heavy (non-hydrogen) atoms. The molecule has 0 aromatic heterocycles. The van der Waals surface area contributed by atoms with Gasteiger partial charge in [0.25, 0.3) is 10.0 Å². The Morgan fingerprint density at radius 1 is 1.04 bits per heavy atom. The molecular formula is C16H16BrNO4S. The van der Waals surface area contributed by atoms with Gasteiger partial charge >= 0.3 is 0 Å². The Bertz CT molecular complexity index is 865. The molecule has 7 heteroatoms. The SMILES string of the molecule is Cc1ccc(S(=O)(=O)Nc2cc3c(cc2Br)OCCO3)c(C)c1. The molecule has 1 aliphatic heterocycles. The second-order valence-corrected chi connectivity index (χ2v) is 7.86.